The molecule has 0 aromatic carbocycles. The maximum atomic E-state index is 5.91. The van der Waals surface area contributed by atoms with Gasteiger partial charge in [0, 0.05) is 23.2 Å². The van der Waals surface area contributed by atoms with Crippen LogP contribution in [0, 0.1) is 3.95 Å². The molecule has 0 spiro atoms. The minimum Gasteiger partial charge on any atom is -0.399 e. The van der Waals surface area contributed by atoms with E-state index in [4.69, 9.17) is 18.0 Å². The Morgan fingerprint density at radius 3 is 3.12 bits per heavy atom. The summed E-state index contributed by atoms with van der Waals surface area (Å²) >= 11 is 6.97. The Bertz CT molecular complexity index is 544. The molecule has 0 fully saturated rings. The summed E-state index contributed by atoms with van der Waals surface area (Å²) in [6.45, 7) is 3.13. The van der Waals surface area contributed by atoms with E-state index >= 15 is 0 Å². The lowest BCUT2D eigenvalue weighted by molar-refractivity contribution is 0.672. The molecule has 1 aliphatic carbocycles. The molecule has 1 aromatic rings. The molecule has 1 aliphatic rings. The lowest BCUT2D eigenvalue weighted by Gasteiger charge is -2.07. The van der Waals surface area contributed by atoms with Crippen molar-refractivity contribution in [3.63, 3.8) is 0 Å². The molecule has 1 aromatic heterocycles. The van der Waals surface area contributed by atoms with Crippen molar-refractivity contribution in [1.82, 2.24) is 4.57 Å². The minimum absolute atomic E-state index is 0.824. The molecule has 2 rings (SSSR count). The van der Waals surface area contributed by atoms with E-state index in [2.05, 4.69) is 29.0 Å². The zero-order valence-corrected chi connectivity index (χ0v) is 11.5. The van der Waals surface area contributed by atoms with Gasteiger partial charge in [-0.25, -0.2) is 0 Å². The second kappa shape index (κ2) is 5.47. The summed E-state index contributed by atoms with van der Waals surface area (Å²) in [5.41, 5.74) is 9.06. The van der Waals surface area contributed by atoms with Crippen LogP contribution in [-0.4, -0.2) is 4.57 Å². The number of allylic oxidation sites excluding steroid dienone is 5. The van der Waals surface area contributed by atoms with Crippen LogP contribution in [0.2, 0.25) is 0 Å². The minimum atomic E-state index is 0.824. The van der Waals surface area contributed by atoms with Gasteiger partial charge >= 0.3 is 0 Å². The van der Waals surface area contributed by atoms with Gasteiger partial charge in [0.25, 0.3) is 0 Å². The Kier molecular flexibility index (Phi) is 3.97. The third kappa shape index (κ3) is 2.76. The zero-order chi connectivity index (χ0) is 12.3. The molecule has 0 unspecified atom stereocenters. The highest BCUT2D eigenvalue weighted by molar-refractivity contribution is 7.73. The lowest BCUT2D eigenvalue weighted by Crippen LogP contribution is -2.02. The van der Waals surface area contributed by atoms with E-state index in [0.717, 1.165) is 34.6 Å². The van der Waals surface area contributed by atoms with Gasteiger partial charge in [-0.05, 0) is 31.1 Å². The third-order valence-corrected chi connectivity index (χ3v) is 3.91. The van der Waals surface area contributed by atoms with Crippen molar-refractivity contribution in [1.29, 1.82) is 0 Å². The van der Waals surface area contributed by atoms with Crippen LogP contribution >= 0.6 is 23.6 Å². The van der Waals surface area contributed by atoms with Crippen molar-refractivity contribution in [3.05, 3.63) is 45.0 Å². The maximum Gasteiger partial charge on any atom is 0.161 e. The topological polar surface area (TPSA) is 30.9 Å². The smallest absolute Gasteiger partial charge is 0.161 e. The number of hydrogen-bond acceptors (Lipinski definition) is 3. The van der Waals surface area contributed by atoms with Crippen molar-refractivity contribution in [2.45, 2.75) is 26.3 Å². The summed E-state index contributed by atoms with van der Waals surface area (Å²) in [6.07, 6.45) is 10.3. The van der Waals surface area contributed by atoms with Crippen LogP contribution in [0.3, 0.4) is 0 Å². The Labute approximate surface area is 111 Å². The largest absolute Gasteiger partial charge is 0.399 e. The van der Waals surface area contributed by atoms with Crippen molar-refractivity contribution in [2.24, 2.45) is 5.73 Å². The molecule has 0 atom stereocenters. The predicted octanol–water partition coefficient (Wildman–Crippen LogP) is 3.87. The van der Waals surface area contributed by atoms with Gasteiger partial charge in [0.1, 0.15) is 0 Å². The van der Waals surface area contributed by atoms with Crippen molar-refractivity contribution in [2.75, 3.05) is 0 Å². The molecule has 0 saturated carbocycles. The van der Waals surface area contributed by atoms with Gasteiger partial charge in [-0.3, -0.25) is 0 Å². The Morgan fingerprint density at radius 2 is 2.35 bits per heavy atom. The molecule has 2 nitrogen and oxygen atoms in total. The number of rotatable bonds is 3. The van der Waals surface area contributed by atoms with Gasteiger partial charge < -0.3 is 10.3 Å². The molecule has 2 N–H and O–H groups in total. The maximum absolute atomic E-state index is 5.91. The van der Waals surface area contributed by atoms with E-state index in [1.54, 1.807) is 11.3 Å². The van der Waals surface area contributed by atoms with Gasteiger partial charge in [0.05, 0.1) is 5.69 Å². The second-order valence-electron chi connectivity index (χ2n) is 3.98. The Balaban J connectivity index is 2.46. The van der Waals surface area contributed by atoms with E-state index in [9.17, 15) is 0 Å². The standard InChI is InChI=1S/C13H16N2S2/c1-2-7-15-12(9-17-13(15)16)10-5-3-4-6-11(14)8-10/h3,5-6,8-9H,2,4,7,14H2,1H3. The van der Waals surface area contributed by atoms with E-state index in [-0.39, 0.29) is 0 Å². The Morgan fingerprint density at radius 1 is 1.53 bits per heavy atom. The monoisotopic (exact) mass is 264 g/mol. The van der Waals surface area contributed by atoms with Crippen molar-refractivity contribution in [3.8, 4) is 0 Å². The highest BCUT2D eigenvalue weighted by atomic mass is 32.1. The molecule has 0 amide bonds. The van der Waals surface area contributed by atoms with Crippen LogP contribution in [-0.2, 0) is 6.54 Å². The summed E-state index contributed by atoms with van der Waals surface area (Å²) in [5, 5.41) is 2.12. The number of nitrogens with zero attached hydrogens (tertiary/aromatic N) is 1. The fourth-order valence-electron chi connectivity index (χ4n) is 1.84. The second-order valence-corrected chi connectivity index (χ2v) is 5.48. The highest BCUT2D eigenvalue weighted by Gasteiger charge is 2.08. The van der Waals surface area contributed by atoms with E-state index in [1.165, 1.54) is 5.69 Å². The first kappa shape index (κ1) is 12.3. The number of thiazole rings is 1. The van der Waals surface area contributed by atoms with Crippen LogP contribution < -0.4 is 5.73 Å². The van der Waals surface area contributed by atoms with Gasteiger partial charge in [-0.1, -0.05) is 25.2 Å². The van der Waals surface area contributed by atoms with Crippen LogP contribution in [0.5, 0.6) is 0 Å². The van der Waals surface area contributed by atoms with E-state index in [1.807, 2.05) is 12.2 Å². The normalized spacial score (nSPS) is 15.4. The molecule has 17 heavy (non-hydrogen) atoms. The van der Waals surface area contributed by atoms with Gasteiger partial charge in [0.15, 0.2) is 3.95 Å². The molecular weight excluding hydrogens is 248 g/mol. The SMILES string of the molecule is CCCn1c(C2=CC(N)=CCC=C2)csc1=S. The van der Waals surface area contributed by atoms with Crippen molar-refractivity contribution < 1.29 is 0 Å². The van der Waals surface area contributed by atoms with Gasteiger partial charge in [0.2, 0.25) is 0 Å². The lowest BCUT2D eigenvalue weighted by atomic mass is 10.1. The fraction of sp³-hybridized carbons (Fsp3) is 0.308. The van der Waals surface area contributed by atoms with Crippen LogP contribution in [0.15, 0.2) is 35.4 Å². The molecule has 4 heteroatoms. The molecule has 90 valence electrons. The first-order valence-electron chi connectivity index (χ1n) is 5.75. The average molecular weight is 264 g/mol. The quantitative estimate of drug-likeness (QED) is 0.840. The first-order valence-corrected chi connectivity index (χ1v) is 7.03. The van der Waals surface area contributed by atoms with Crippen molar-refractivity contribution >= 4 is 29.1 Å². The summed E-state index contributed by atoms with van der Waals surface area (Å²) in [6, 6.07) is 0. The molecular formula is C13H16N2S2. The van der Waals surface area contributed by atoms with Gasteiger partial charge in [-0.15, -0.1) is 11.3 Å². The summed E-state index contributed by atoms with van der Waals surface area (Å²) in [7, 11) is 0. The highest BCUT2D eigenvalue weighted by Crippen LogP contribution is 2.24. The molecule has 0 radical (unpaired) electrons. The first-order chi connectivity index (χ1) is 8.22. The third-order valence-electron chi connectivity index (χ3n) is 2.63. The van der Waals surface area contributed by atoms with E-state index in [0.29, 0.717) is 0 Å². The number of hydrogen-bond donors (Lipinski definition) is 1. The summed E-state index contributed by atoms with van der Waals surface area (Å²) in [4.78, 5) is 0. The predicted molar refractivity (Wildman–Crippen MR) is 77.4 cm³/mol. The summed E-state index contributed by atoms with van der Waals surface area (Å²) in [5.74, 6) is 0. The molecule has 0 saturated heterocycles. The number of nitrogens with two attached hydrogens (primary N) is 1. The molecule has 1 heterocycles. The average Bonchev–Trinajstić information content (AvgIpc) is 2.53. The zero-order valence-electron chi connectivity index (χ0n) is 9.85. The van der Waals surface area contributed by atoms with Crippen LogP contribution in [0.4, 0.5) is 0 Å². The van der Waals surface area contributed by atoms with Crippen LogP contribution in [0.25, 0.3) is 5.57 Å². The molecule has 0 bridgehead atoms. The molecule has 0 aliphatic heterocycles. The number of aromatic nitrogens is 1. The summed E-state index contributed by atoms with van der Waals surface area (Å²) < 4.78 is 3.12. The van der Waals surface area contributed by atoms with Gasteiger partial charge in [-0.2, -0.15) is 0 Å². The fourth-order valence-corrected chi connectivity index (χ4v) is 2.96. The van der Waals surface area contributed by atoms with E-state index < -0.39 is 0 Å². The van der Waals surface area contributed by atoms with Crippen LogP contribution in [0.1, 0.15) is 25.5 Å². The Hall–Kier alpha value is -1.13.